The molecular weight excluding hydrogens is 237 g/mol. The first-order chi connectivity index (χ1) is 4.93. The molecule has 1 N–H and O–H groups in total. The molecule has 10 heavy (non-hydrogen) atoms. The van der Waals surface area contributed by atoms with Crippen LogP contribution in [0.4, 0.5) is 0 Å². The van der Waals surface area contributed by atoms with E-state index in [1.54, 1.807) is 0 Å². The summed E-state index contributed by atoms with van der Waals surface area (Å²) in [5, 5.41) is 0. The predicted octanol–water partition coefficient (Wildman–Crippen LogP) is -1.21. The Morgan fingerprint density at radius 3 is 2.70 bits per heavy atom. The van der Waals surface area contributed by atoms with E-state index in [-0.39, 0.29) is 0 Å². The Balaban J connectivity index is 1.91. The van der Waals surface area contributed by atoms with Gasteiger partial charge in [-0.1, -0.05) is 0 Å². The Morgan fingerprint density at radius 2 is 2.10 bits per heavy atom. The molecule has 1 aliphatic carbocycles. The van der Waals surface area contributed by atoms with Crippen LogP contribution in [0.2, 0.25) is 0 Å². The number of alkyl halides is 1. The van der Waals surface area contributed by atoms with Crippen molar-refractivity contribution in [2.75, 3.05) is 11.5 Å². The Hall–Kier alpha value is 0.690. The van der Waals surface area contributed by atoms with Gasteiger partial charge in [-0.15, -0.1) is 0 Å². The van der Waals surface area contributed by atoms with E-state index in [1.165, 1.54) is 36.5 Å². The Kier molecular flexibility index (Phi) is 4.70. The van der Waals surface area contributed by atoms with Gasteiger partial charge in [0.1, 0.15) is 0 Å². The van der Waals surface area contributed by atoms with Crippen LogP contribution in [-0.2, 0) is 0 Å². The molecule has 1 nitrogen and oxygen atoms in total. The van der Waals surface area contributed by atoms with Crippen molar-refractivity contribution in [3.8, 4) is 0 Å². The van der Waals surface area contributed by atoms with Crippen LogP contribution in [0.5, 0.6) is 0 Å². The Bertz CT molecular complexity index is 79.3. The van der Waals surface area contributed by atoms with Crippen molar-refractivity contribution in [1.29, 1.82) is 0 Å². The molecule has 1 fully saturated rings. The van der Waals surface area contributed by atoms with Crippen LogP contribution >= 0.6 is 0 Å². The molecule has 0 unspecified atom stereocenters. The molecule has 0 saturated heterocycles. The SMILES string of the molecule is CN[I-]CCC1CCCC1. The van der Waals surface area contributed by atoms with Gasteiger partial charge in [0.25, 0.3) is 0 Å². The van der Waals surface area contributed by atoms with Crippen LogP contribution in [0.3, 0.4) is 0 Å². The normalized spacial score (nSPS) is 20.5. The summed E-state index contributed by atoms with van der Waals surface area (Å²) in [5.41, 5.74) is 0. The molecule has 0 radical (unpaired) electrons. The minimum absolute atomic E-state index is 0.360. The van der Waals surface area contributed by atoms with Crippen LogP contribution < -0.4 is 25.0 Å². The van der Waals surface area contributed by atoms with Gasteiger partial charge in [-0.05, 0) is 0 Å². The first-order valence-electron chi connectivity index (χ1n) is 4.18. The van der Waals surface area contributed by atoms with Crippen LogP contribution in [0.1, 0.15) is 32.1 Å². The van der Waals surface area contributed by atoms with Crippen molar-refractivity contribution in [2.45, 2.75) is 32.1 Å². The quantitative estimate of drug-likeness (QED) is 0.287. The zero-order valence-electron chi connectivity index (χ0n) is 6.70. The molecule has 0 amide bonds. The van der Waals surface area contributed by atoms with Crippen LogP contribution in [-0.4, -0.2) is 11.5 Å². The third kappa shape index (κ3) is 3.19. The fourth-order valence-electron chi connectivity index (χ4n) is 1.60. The van der Waals surface area contributed by atoms with Gasteiger partial charge in [0.2, 0.25) is 0 Å². The fraction of sp³-hybridized carbons (Fsp3) is 1.00. The average Bonchev–Trinajstić information content (AvgIpc) is 2.41. The average molecular weight is 254 g/mol. The molecular formula is C8H17IN-. The standard InChI is InChI=1S/C8H17IN/c1-10-9-7-6-8-4-2-3-5-8/h8,10H,2-7H2,1H3/q-1. The van der Waals surface area contributed by atoms with E-state index >= 15 is 0 Å². The van der Waals surface area contributed by atoms with E-state index in [4.69, 9.17) is 0 Å². The molecule has 1 saturated carbocycles. The van der Waals surface area contributed by atoms with E-state index in [2.05, 4.69) is 10.6 Å². The second-order valence-corrected chi connectivity index (χ2v) is 5.87. The summed E-state index contributed by atoms with van der Waals surface area (Å²) in [6.45, 7) is 0. The zero-order chi connectivity index (χ0) is 7.23. The van der Waals surface area contributed by atoms with Crippen molar-refractivity contribution in [2.24, 2.45) is 5.92 Å². The summed E-state index contributed by atoms with van der Waals surface area (Å²) in [7, 11) is 2.09. The molecule has 1 rings (SSSR count). The van der Waals surface area contributed by atoms with Crippen molar-refractivity contribution >= 4 is 0 Å². The molecule has 1 aliphatic rings. The van der Waals surface area contributed by atoms with Gasteiger partial charge >= 0.3 is 74.5 Å². The summed E-state index contributed by atoms with van der Waals surface area (Å²) >= 11 is 0.360. The molecule has 62 valence electrons. The molecule has 0 bridgehead atoms. The third-order valence-corrected chi connectivity index (χ3v) is 4.15. The maximum absolute atomic E-state index is 3.30. The van der Waals surface area contributed by atoms with Crippen molar-refractivity contribution in [1.82, 2.24) is 3.53 Å². The number of hydrogen-bond donors (Lipinski definition) is 1. The number of hydrogen-bond acceptors (Lipinski definition) is 1. The van der Waals surface area contributed by atoms with E-state index < -0.39 is 0 Å². The summed E-state index contributed by atoms with van der Waals surface area (Å²) in [6, 6.07) is 0. The fourth-order valence-corrected chi connectivity index (χ4v) is 3.33. The van der Waals surface area contributed by atoms with Gasteiger partial charge in [0.05, 0.1) is 0 Å². The Labute approximate surface area is 74.6 Å². The van der Waals surface area contributed by atoms with Crippen molar-refractivity contribution < 1.29 is 21.5 Å². The molecule has 0 spiro atoms. The summed E-state index contributed by atoms with van der Waals surface area (Å²) < 4.78 is 4.79. The number of rotatable bonds is 4. The van der Waals surface area contributed by atoms with Gasteiger partial charge in [0.15, 0.2) is 0 Å². The first kappa shape index (κ1) is 8.78. The van der Waals surface area contributed by atoms with Gasteiger partial charge in [-0.2, -0.15) is 0 Å². The maximum atomic E-state index is 3.30. The minimum atomic E-state index is 0.360. The van der Waals surface area contributed by atoms with Gasteiger partial charge in [-0.25, -0.2) is 0 Å². The van der Waals surface area contributed by atoms with Crippen molar-refractivity contribution in [3.63, 3.8) is 0 Å². The van der Waals surface area contributed by atoms with Crippen LogP contribution in [0.15, 0.2) is 0 Å². The van der Waals surface area contributed by atoms with E-state index in [0.717, 1.165) is 5.92 Å². The number of nitrogens with one attached hydrogen (secondary N) is 1. The monoisotopic (exact) mass is 254 g/mol. The molecule has 0 atom stereocenters. The molecule has 2 heteroatoms. The second-order valence-electron chi connectivity index (χ2n) is 2.95. The van der Waals surface area contributed by atoms with Crippen molar-refractivity contribution in [3.05, 3.63) is 0 Å². The van der Waals surface area contributed by atoms with E-state index in [0.29, 0.717) is 21.5 Å². The van der Waals surface area contributed by atoms with Gasteiger partial charge in [0, 0.05) is 0 Å². The topological polar surface area (TPSA) is 12.0 Å². The number of halogens is 1. The summed E-state index contributed by atoms with van der Waals surface area (Å²) in [6.07, 6.45) is 7.56. The Morgan fingerprint density at radius 1 is 1.40 bits per heavy atom. The van der Waals surface area contributed by atoms with Crippen LogP contribution in [0.25, 0.3) is 0 Å². The van der Waals surface area contributed by atoms with Gasteiger partial charge < -0.3 is 0 Å². The summed E-state index contributed by atoms with van der Waals surface area (Å²) in [4.78, 5) is 0. The molecule has 0 aromatic carbocycles. The first-order valence-corrected chi connectivity index (χ1v) is 6.79. The molecule has 0 aromatic heterocycles. The molecule has 0 aromatic rings. The van der Waals surface area contributed by atoms with Crippen LogP contribution in [0, 0.1) is 5.92 Å². The molecule has 0 aliphatic heterocycles. The summed E-state index contributed by atoms with van der Waals surface area (Å²) in [5.74, 6) is 1.10. The van der Waals surface area contributed by atoms with Gasteiger partial charge in [-0.3, -0.25) is 0 Å². The predicted molar refractivity (Wildman–Crippen MR) is 40.5 cm³/mol. The second kappa shape index (κ2) is 5.35. The van der Waals surface area contributed by atoms with E-state index in [9.17, 15) is 0 Å². The van der Waals surface area contributed by atoms with E-state index in [1.807, 2.05) is 0 Å². The third-order valence-electron chi connectivity index (χ3n) is 2.22. The molecule has 0 heterocycles. The zero-order valence-corrected chi connectivity index (χ0v) is 8.86.